The van der Waals surface area contributed by atoms with Crippen LogP contribution in [0.25, 0.3) is 27.2 Å². The second-order valence-corrected chi connectivity index (χ2v) is 8.02. The Morgan fingerprint density at radius 2 is 1.97 bits per heavy atom. The molecule has 0 spiro atoms. The van der Waals surface area contributed by atoms with Crippen molar-refractivity contribution in [2.24, 2.45) is 0 Å². The maximum atomic E-state index is 13.4. The molecule has 3 aromatic heterocycles. The molecule has 30 heavy (non-hydrogen) atoms. The fraction of sp³-hybridized carbons (Fsp3) is 0.0870. The molecule has 148 valence electrons. The van der Waals surface area contributed by atoms with E-state index in [2.05, 4.69) is 20.9 Å². The van der Waals surface area contributed by atoms with E-state index in [0.29, 0.717) is 23.1 Å². The molecule has 0 aliphatic rings. The molecule has 1 N–H and O–H groups in total. The highest BCUT2D eigenvalue weighted by Crippen LogP contribution is 2.35. The van der Waals surface area contributed by atoms with Crippen LogP contribution in [0, 0.1) is 0 Å². The summed E-state index contributed by atoms with van der Waals surface area (Å²) in [7, 11) is 0. The molecule has 0 bridgehead atoms. The number of hydrogen-bond donors (Lipinski definition) is 1. The first-order valence-corrected chi connectivity index (χ1v) is 10.1. The van der Waals surface area contributed by atoms with Gasteiger partial charge in [-0.15, -0.1) is 0 Å². The molecule has 0 amide bonds. The molecule has 6 nitrogen and oxygen atoms in total. The number of pyridine rings is 2. The zero-order valence-electron chi connectivity index (χ0n) is 15.6. The second kappa shape index (κ2) is 7.11. The number of ether oxygens (including phenoxy) is 1. The van der Waals surface area contributed by atoms with Crippen molar-refractivity contribution in [1.82, 2.24) is 9.38 Å². The number of carbonyl (C=O) groups is 1. The third kappa shape index (κ3) is 3.07. The molecular formula is C23H15BrN2O4. The highest BCUT2D eigenvalue weighted by Gasteiger charge is 2.18. The molecule has 0 unspecified atom stereocenters. The Kier molecular flexibility index (Phi) is 4.40. The van der Waals surface area contributed by atoms with Crippen LogP contribution in [0.4, 0.5) is 0 Å². The summed E-state index contributed by atoms with van der Waals surface area (Å²) < 4.78 is 8.37. The first kappa shape index (κ1) is 18.6. The van der Waals surface area contributed by atoms with Crippen molar-refractivity contribution in [3.05, 3.63) is 86.9 Å². The standard InChI is InChI=1S/C23H15BrN2O4/c24-15-3-4-20-17(7-15)18-8-16(30-12-21(27)28)9-19-22(18)26(20)11-14(23(19)29)6-13-2-1-5-25-10-13/h1-5,7-11H,6,12H2,(H,27,28). The minimum atomic E-state index is -1.07. The molecule has 0 radical (unpaired) electrons. The van der Waals surface area contributed by atoms with Crippen LogP contribution in [-0.4, -0.2) is 27.1 Å². The Balaban J connectivity index is 1.82. The predicted octanol–water partition coefficient (Wildman–Crippen LogP) is 4.26. The number of aliphatic carboxylic acids is 1. The Labute approximate surface area is 178 Å². The quantitative estimate of drug-likeness (QED) is 0.422. The lowest BCUT2D eigenvalue weighted by Crippen LogP contribution is -2.13. The van der Waals surface area contributed by atoms with Gasteiger partial charge in [0.2, 0.25) is 0 Å². The summed E-state index contributed by atoms with van der Waals surface area (Å²) in [5.74, 6) is -0.715. The Hall–Kier alpha value is -3.45. The van der Waals surface area contributed by atoms with Crippen molar-refractivity contribution < 1.29 is 14.6 Å². The summed E-state index contributed by atoms with van der Waals surface area (Å²) in [6.07, 6.45) is 5.78. The number of hydrogen-bond acceptors (Lipinski definition) is 4. The van der Waals surface area contributed by atoms with E-state index in [4.69, 9.17) is 9.84 Å². The van der Waals surface area contributed by atoms with Crippen molar-refractivity contribution in [2.45, 2.75) is 6.42 Å². The van der Waals surface area contributed by atoms with Crippen LogP contribution in [0.3, 0.4) is 0 Å². The maximum absolute atomic E-state index is 13.4. The summed E-state index contributed by atoms with van der Waals surface area (Å²) in [6, 6.07) is 13.1. The Morgan fingerprint density at radius 3 is 2.73 bits per heavy atom. The van der Waals surface area contributed by atoms with E-state index in [1.54, 1.807) is 24.5 Å². The van der Waals surface area contributed by atoms with Crippen LogP contribution in [0.1, 0.15) is 11.1 Å². The van der Waals surface area contributed by atoms with Gasteiger partial charge in [0.1, 0.15) is 5.75 Å². The fourth-order valence-corrected chi connectivity index (χ4v) is 4.26. The minimum absolute atomic E-state index is 0.0981. The number of rotatable bonds is 5. The molecule has 7 heteroatoms. The molecule has 5 rings (SSSR count). The van der Waals surface area contributed by atoms with Gasteiger partial charge < -0.3 is 14.2 Å². The van der Waals surface area contributed by atoms with Gasteiger partial charge in [0.15, 0.2) is 12.0 Å². The van der Waals surface area contributed by atoms with E-state index >= 15 is 0 Å². The Morgan fingerprint density at radius 1 is 1.13 bits per heavy atom. The molecule has 3 heterocycles. The summed E-state index contributed by atoms with van der Waals surface area (Å²) in [5, 5.41) is 11.3. The zero-order valence-corrected chi connectivity index (χ0v) is 17.2. The SMILES string of the molecule is O=C(O)COc1cc2c(=O)c(Cc3cccnc3)cn3c4ccc(Br)cc4c(c1)c23. The van der Waals surface area contributed by atoms with E-state index in [-0.39, 0.29) is 5.43 Å². The summed E-state index contributed by atoms with van der Waals surface area (Å²) in [5.41, 5.74) is 3.23. The highest BCUT2D eigenvalue weighted by molar-refractivity contribution is 9.10. The van der Waals surface area contributed by atoms with E-state index in [9.17, 15) is 9.59 Å². The van der Waals surface area contributed by atoms with Crippen molar-refractivity contribution >= 4 is 49.1 Å². The van der Waals surface area contributed by atoms with E-state index in [1.165, 1.54) is 0 Å². The Bertz CT molecular complexity index is 1480. The highest BCUT2D eigenvalue weighted by atomic mass is 79.9. The van der Waals surface area contributed by atoms with Crippen LogP contribution in [0.2, 0.25) is 0 Å². The van der Waals surface area contributed by atoms with E-state index < -0.39 is 12.6 Å². The predicted molar refractivity (Wildman–Crippen MR) is 118 cm³/mol. The topological polar surface area (TPSA) is 80.9 Å². The van der Waals surface area contributed by atoms with Gasteiger partial charge in [0, 0.05) is 45.8 Å². The molecule has 5 aromatic rings. The monoisotopic (exact) mass is 462 g/mol. The number of aromatic nitrogens is 2. The lowest BCUT2D eigenvalue weighted by molar-refractivity contribution is -0.139. The minimum Gasteiger partial charge on any atom is -0.482 e. The average molecular weight is 463 g/mol. The van der Waals surface area contributed by atoms with Gasteiger partial charge in [-0.25, -0.2) is 4.79 Å². The van der Waals surface area contributed by atoms with Gasteiger partial charge in [-0.1, -0.05) is 22.0 Å². The number of halogens is 1. The second-order valence-electron chi connectivity index (χ2n) is 7.10. The lowest BCUT2D eigenvalue weighted by atomic mass is 10.0. The first-order valence-electron chi connectivity index (χ1n) is 9.27. The van der Waals surface area contributed by atoms with Crippen molar-refractivity contribution in [1.29, 1.82) is 0 Å². The fourth-order valence-electron chi connectivity index (χ4n) is 3.90. The molecule has 0 aliphatic heterocycles. The van der Waals surface area contributed by atoms with E-state index in [1.807, 2.05) is 40.9 Å². The van der Waals surface area contributed by atoms with Gasteiger partial charge in [-0.05, 0) is 42.0 Å². The van der Waals surface area contributed by atoms with Crippen LogP contribution in [0.15, 0.2) is 70.3 Å². The third-order valence-corrected chi connectivity index (χ3v) is 5.63. The van der Waals surface area contributed by atoms with Gasteiger partial charge in [0.05, 0.1) is 16.4 Å². The number of fused-ring (bicyclic) bond motifs is 3. The van der Waals surface area contributed by atoms with Gasteiger partial charge in [0.25, 0.3) is 0 Å². The van der Waals surface area contributed by atoms with Crippen molar-refractivity contribution in [3.8, 4) is 5.75 Å². The van der Waals surface area contributed by atoms with Crippen LogP contribution in [-0.2, 0) is 11.2 Å². The number of carboxylic acid groups (broad SMARTS) is 1. The van der Waals surface area contributed by atoms with Crippen LogP contribution < -0.4 is 10.2 Å². The van der Waals surface area contributed by atoms with Crippen LogP contribution >= 0.6 is 15.9 Å². The maximum Gasteiger partial charge on any atom is 0.341 e. The number of carboxylic acids is 1. The normalized spacial score (nSPS) is 11.5. The van der Waals surface area contributed by atoms with Crippen LogP contribution in [0.5, 0.6) is 5.75 Å². The largest absolute Gasteiger partial charge is 0.482 e. The molecule has 2 aromatic carbocycles. The zero-order chi connectivity index (χ0) is 20.8. The number of benzene rings is 2. The smallest absolute Gasteiger partial charge is 0.341 e. The average Bonchev–Trinajstić information content (AvgIpc) is 3.04. The van der Waals surface area contributed by atoms with Gasteiger partial charge in [-0.3, -0.25) is 9.78 Å². The molecule has 0 saturated carbocycles. The van der Waals surface area contributed by atoms with Gasteiger partial charge in [-0.2, -0.15) is 0 Å². The van der Waals surface area contributed by atoms with Gasteiger partial charge >= 0.3 is 5.97 Å². The summed E-state index contributed by atoms with van der Waals surface area (Å²) >= 11 is 3.51. The molecule has 0 saturated heterocycles. The van der Waals surface area contributed by atoms with Crippen molar-refractivity contribution in [3.63, 3.8) is 0 Å². The first-order chi connectivity index (χ1) is 14.5. The molecular weight excluding hydrogens is 448 g/mol. The third-order valence-electron chi connectivity index (χ3n) is 5.13. The van der Waals surface area contributed by atoms with E-state index in [0.717, 1.165) is 31.8 Å². The summed E-state index contributed by atoms with van der Waals surface area (Å²) in [4.78, 5) is 28.5. The number of nitrogens with zero attached hydrogens (tertiary/aromatic N) is 2. The summed E-state index contributed by atoms with van der Waals surface area (Å²) in [6.45, 7) is -0.472. The lowest BCUT2D eigenvalue weighted by Gasteiger charge is -2.09. The molecule has 0 atom stereocenters. The van der Waals surface area contributed by atoms with Crippen molar-refractivity contribution in [2.75, 3.05) is 6.61 Å². The molecule has 0 fully saturated rings. The molecule has 0 aliphatic carbocycles.